The number of halogens is 2. The number of amides is 2. The lowest BCUT2D eigenvalue weighted by Crippen LogP contribution is -2.24. The Morgan fingerprint density at radius 2 is 1.83 bits per heavy atom. The number of benzene rings is 3. The van der Waals surface area contributed by atoms with Gasteiger partial charge in [-0.3, -0.25) is 9.59 Å². The van der Waals surface area contributed by atoms with Gasteiger partial charge in [0.25, 0.3) is 5.91 Å². The van der Waals surface area contributed by atoms with Gasteiger partial charge in [0, 0.05) is 26.5 Å². The van der Waals surface area contributed by atoms with Crippen molar-refractivity contribution in [3.8, 4) is 11.3 Å². The number of carbonyl (C=O) groups excluding carboxylic acids is 2. The molecule has 4 rings (SSSR count). The second-order valence-corrected chi connectivity index (χ2v) is 10.0. The maximum Gasteiger partial charge on any atom is 0.258 e. The van der Waals surface area contributed by atoms with Gasteiger partial charge in [-0.25, -0.2) is 9.37 Å². The summed E-state index contributed by atoms with van der Waals surface area (Å²) in [5.41, 5.74) is 2.00. The van der Waals surface area contributed by atoms with E-state index in [1.165, 1.54) is 41.3 Å². The quantitative estimate of drug-likeness (QED) is 0.236. The highest BCUT2D eigenvalue weighted by atomic mass is 35.5. The number of carbonyl (C=O) groups is 2. The molecule has 3 aromatic carbocycles. The van der Waals surface area contributed by atoms with Gasteiger partial charge in [-0.15, -0.1) is 23.1 Å². The summed E-state index contributed by atoms with van der Waals surface area (Å²) < 4.78 is 13.9. The van der Waals surface area contributed by atoms with Crippen LogP contribution in [0.2, 0.25) is 5.02 Å². The number of hydrogen-bond donors (Lipinski definition) is 2. The Balaban J connectivity index is 1.41. The average Bonchev–Trinajstić information content (AvgIpc) is 3.31. The number of anilines is 2. The molecule has 0 aliphatic rings. The van der Waals surface area contributed by atoms with Crippen LogP contribution in [0.3, 0.4) is 0 Å². The van der Waals surface area contributed by atoms with E-state index in [2.05, 4.69) is 15.6 Å². The van der Waals surface area contributed by atoms with Crippen LogP contribution in [0, 0.1) is 5.82 Å². The van der Waals surface area contributed by atoms with Crippen LogP contribution in [0.25, 0.3) is 11.3 Å². The summed E-state index contributed by atoms with van der Waals surface area (Å²) in [6.45, 7) is 1.93. The SMILES string of the molecule is CCC(Sc1cccc(NC(=O)c2ccccc2F)c1)C(=O)Nc1nc(-c2ccccc2Cl)cs1. The van der Waals surface area contributed by atoms with Gasteiger partial charge in [0.15, 0.2) is 5.13 Å². The first-order chi connectivity index (χ1) is 16.9. The molecule has 9 heteroatoms. The fourth-order valence-electron chi connectivity index (χ4n) is 3.29. The first-order valence-corrected chi connectivity index (χ1v) is 12.9. The highest BCUT2D eigenvalue weighted by Crippen LogP contribution is 2.32. The predicted molar refractivity (Wildman–Crippen MR) is 142 cm³/mol. The summed E-state index contributed by atoms with van der Waals surface area (Å²) in [5.74, 6) is -1.29. The van der Waals surface area contributed by atoms with Gasteiger partial charge in [0.05, 0.1) is 16.5 Å². The van der Waals surface area contributed by atoms with E-state index < -0.39 is 11.7 Å². The number of thiazole rings is 1. The van der Waals surface area contributed by atoms with E-state index in [0.717, 1.165) is 10.5 Å². The van der Waals surface area contributed by atoms with E-state index in [1.54, 1.807) is 30.3 Å². The van der Waals surface area contributed by atoms with Crippen LogP contribution in [0.15, 0.2) is 83.1 Å². The minimum absolute atomic E-state index is 0.0315. The number of hydrogen-bond acceptors (Lipinski definition) is 5. The average molecular weight is 526 g/mol. The summed E-state index contributed by atoms with van der Waals surface area (Å²) in [6, 6.07) is 20.3. The summed E-state index contributed by atoms with van der Waals surface area (Å²) in [5, 5.41) is 8.17. The molecule has 35 heavy (non-hydrogen) atoms. The molecule has 0 fully saturated rings. The van der Waals surface area contributed by atoms with Crippen LogP contribution < -0.4 is 10.6 Å². The van der Waals surface area contributed by atoms with E-state index in [1.807, 2.05) is 36.6 Å². The van der Waals surface area contributed by atoms with Crippen molar-refractivity contribution in [3.63, 3.8) is 0 Å². The Labute approximate surface area is 215 Å². The van der Waals surface area contributed by atoms with Gasteiger partial charge in [0.1, 0.15) is 5.82 Å². The minimum Gasteiger partial charge on any atom is -0.322 e. The van der Waals surface area contributed by atoms with E-state index in [4.69, 9.17) is 11.6 Å². The van der Waals surface area contributed by atoms with Crippen molar-refractivity contribution >= 4 is 57.3 Å². The molecule has 1 heterocycles. The van der Waals surface area contributed by atoms with Crippen molar-refractivity contribution in [1.82, 2.24) is 4.98 Å². The molecule has 0 radical (unpaired) electrons. The zero-order valence-electron chi connectivity index (χ0n) is 18.6. The maximum atomic E-state index is 13.9. The molecule has 0 bridgehead atoms. The zero-order chi connectivity index (χ0) is 24.8. The van der Waals surface area contributed by atoms with Crippen molar-refractivity contribution in [1.29, 1.82) is 0 Å². The third-order valence-corrected chi connectivity index (χ3v) is 7.48. The van der Waals surface area contributed by atoms with Gasteiger partial charge >= 0.3 is 0 Å². The normalized spacial score (nSPS) is 11.6. The highest BCUT2D eigenvalue weighted by molar-refractivity contribution is 8.00. The Morgan fingerprint density at radius 1 is 1.06 bits per heavy atom. The molecule has 0 saturated heterocycles. The first-order valence-electron chi connectivity index (χ1n) is 10.8. The Bertz CT molecular complexity index is 1360. The summed E-state index contributed by atoms with van der Waals surface area (Å²) in [4.78, 5) is 30.7. The molecule has 178 valence electrons. The van der Waals surface area contributed by atoms with Crippen LogP contribution >= 0.6 is 34.7 Å². The van der Waals surface area contributed by atoms with Gasteiger partial charge in [0.2, 0.25) is 5.91 Å². The first kappa shape index (κ1) is 24.9. The van der Waals surface area contributed by atoms with Gasteiger partial charge in [-0.05, 0) is 42.8 Å². The number of aromatic nitrogens is 1. The van der Waals surface area contributed by atoms with Crippen molar-refractivity contribution < 1.29 is 14.0 Å². The van der Waals surface area contributed by atoms with Crippen molar-refractivity contribution in [2.45, 2.75) is 23.5 Å². The molecular formula is C26H21ClFN3O2S2. The molecule has 2 N–H and O–H groups in total. The molecule has 0 aliphatic carbocycles. The van der Waals surface area contributed by atoms with Crippen LogP contribution in [-0.4, -0.2) is 22.0 Å². The predicted octanol–water partition coefficient (Wildman–Crippen LogP) is 7.36. The lowest BCUT2D eigenvalue weighted by molar-refractivity contribution is -0.115. The van der Waals surface area contributed by atoms with Crippen molar-refractivity contribution in [2.75, 3.05) is 10.6 Å². The van der Waals surface area contributed by atoms with E-state index in [-0.39, 0.29) is 16.7 Å². The van der Waals surface area contributed by atoms with Crippen LogP contribution in [0.1, 0.15) is 23.7 Å². The molecular weight excluding hydrogens is 505 g/mol. The number of nitrogens with zero attached hydrogens (tertiary/aromatic N) is 1. The Hall–Kier alpha value is -3.20. The van der Waals surface area contributed by atoms with Crippen LogP contribution in [-0.2, 0) is 4.79 Å². The summed E-state index contributed by atoms with van der Waals surface area (Å²) in [6.07, 6.45) is 0.588. The van der Waals surface area contributed by atoms with Gasteiger partial charge in [-0.2, -0.15) is 0 Å². The standard InChI is InChI=1S/C26H21ClFN3O2S2/c1-2-23(25(33)31-26-30-22(15-34-26)18-10-3-5-12-20(18)27)35-17-9-7-8-16(14-17)29-24(32)19-11-4-6-13-21(19)28/h3-15,23H,2H2,1H3,(H,29,32)(H,30,31,33). The smallest absolute Gasteiger partial charge is 0.258 e. The zero-order valence-corrected chi connectivity index (χ0v) is 21.0. The summed E-state index contributed by atoms with van der Waals surface area (Å²) >= 11 is 8.97. The second kappa shape index (κ2) is 11.5. The third kappa shape index (κ3) is 6.28. The van der Waals surface area contributed by atoms with E-state index in [0.29, 0.717) is 28.0 Å². The molecule has 1 aromatic heterocycles. The molecule has 1 atom stereocenters. The third-order valence-electron chi connectivity index (χ3n) is 5.04. The largest absolute Gasteiger partial charge is 0.322 e. The van der Waals surface area contributed by atoms with Gasteiger partial charge in [-0.1, -0.05) is 54.9 Å². The fraction of sp³-hybridized carbons (Fsp3) is 0.115. The molecule has 0 saturated carbocycles. The Kier molecular flexibility index (Phi) is 8.17. The number of rotatable bonds is 8. The molecule has 4 aromatic rings. The van der Waals surface area contributed by atoms with E-state index in [9.17, 15) is 14.0 Å². The minimum atomic E-state index is -0.585. The Morgan fingerprint density at radius 3 is 2.60 bits per heavy atom. The second-order valence-electron chi connectivity index (χ2n) is 7.48. The number of nitrogens with one attached hydrogen (secondary N) is 2. The molecule has 5 nitrogen and oxygen atoms in total. The van der Waals surface area contributed by atoms with Gasteiger partial charge < -0.3 is 10.6 Å². The molecule has 0 aliphatic heterocycles. The topological polar surface area (TPSA) is 71.1 Å². The summed E-state index contributed by atoms with van der Waals surface area (Å²) in [7, 11) is 0. The number of thioether (sulfide) groups is 1. The van der Waals surface area contributed by atoms with Crippen molar-refractivity contribution in [3.05, 3.63) is 94.6 Å². The van der Waals surface area contributed by atoms with Crippen LogP contribution in [0.4, 0.5) is 15.2 Å². The maximum absolute atomic E-state index is 13.9. The monoisotopic (exact) mass is 525 g/mol. The lowest BCUT2D eigenvalue weighted by Gasteiger charge is -2.14. The van der Waals surface area contributed by atoms with E-state index >= 15 is 0 Å². The molecule has 0 spiro atoms. The fourth-order valence-corrected chi connectivity index (χ4v) is 5.25. The highest BCUT2D eigenvalue weighted by Gasteiger charge is 2.20. The van der Waals surface area contributed by atoms with Crippen molar-refractivity contribution in [2.24, 2.45) is 0 Å². The molecule has 1 unspecified atom stereocenters. The lowest BCUT2D eigenvalue weighted by atomic mass is 10.2. The molecule has 2 amide bonds. The van der Waals surface area contributed by atoms with Crippen LogP contribution in [0.5, 0.6) is 0 Å².